The fourth-order valence-electron chi connectivity index (χ4n) is 2.75. The smallest absolute Gasteiger partial charge is 0.162 e. The van der Waals surface area contributed by atoms with E-state index in [1.807, 2.05) is 13.8 Å². The molecule has 2 heteroatoms. The Hall–Kier alpha value is -0.790. The summed E-state index contributed by atoms with van der Waals surface area (Å²) in [6.45, 7) is 6.05. The van der Waals surface area contributed by atoms with E-state index >= 15 is 0 Å². The highest BCUT2D eigenvalue weighted by Gasteiger charge is 2.23. The molecule has 18 heavy (non-hydrogen) atoms. The molecule has 0 saturated heterocycles. The number of carbonyl (C=O) groups is 1. The second-order valence-corrected chi connectivity index (χ2v) is 5.77. The zero-order chi connectivity index (χ0) is 13.5. The van der Waals surface area contributed by atoms with E-state index in [1.54, 1.807) is 0 Å². The van der Waals surface area contributed by atoms with E-state index in [4.69, 9.17) is 0 Å². The van der Waals surface area contributed by atoms with Gasteiger partial charge in [-0.2, -0.15) is 0 Å². The van der Waals surface area contributed by atoms with Crippen molar-refractivity contribution in [2.45, 2.75) is 65.7 Å². The van der Waals surface area contributed by atoms with Crippen molar-refractivity contribution in [2.75, 3.05) is 0 Å². The van der Waals surface area contributed by atoms with Crippen LogP contribution in [0.1, 0.15) is 65.7 Å². The largest absolute Gasteiger partial charge is 0.512 e. The molecule has 1 rings (SSSR count). The summed E-state index contributed by atoms with van der Waals surface area (Å²) in [6.07, 6.45) is 9.47. The van der Waals surface area contributed by atoms with Crippen LogP contribution in [0.15, 0.2) is 11.8 Å². The number of aliphatic hydroxyl groups excluding tert-OH is 1. The topological polar surface area (TPSA) is 37.3 Å². The van der Waals surface area contributed by atoms with Crippen LogP contribution < -0.4 is 0 Å². The van der Waals surface area contributed by atoms with Crippen molar-refractivity contribution in [2.24, 2.45) is 17.8 Å². The Bertz CT molecular complexity index is 287. The molecule has 0 aromatic heterocycles. The summed E-state index contributed by atoms with van der Waals surface area (Å²) < 4.78 is 0. The maximum absolute atomic E-state index is 12.2. The number of aliphatic hydroxyl groups is 1. The normalized spacial score (nSPS) is 20.9. The molecule has 0 radical (unpaired) electrons. The Labute approximate surface area is 111 Å². The minimum absolute atomic E-state index is 0.0953. The van der Waals surface area contributed by atoms with Crippen molar-refractivity contribution < 1.29 is 9.90 Å². The number of ketones is 1. The summed E-state index contributed by atoms with van der Waals surface area (Å²) in [5, 5.41) is 9.83. The third kappa shape index (κ3) is 4.47. The van der Waals surface area contributed by atoms with Gasteiger partial charge in [0.1, 0.15) is 0 Å². The van der Waals surface area contributed by atoms with Gasteiger partial charge < -0.3 is 5.11 Å². The van der Waals surface area contributed by atoms with Gasteiger partial charge in [-0.15, -0.1) is 0 Å². The summed E-state index contributed by atoms with van der Waals surface area (Å²) >= 11 is 0. The van der Waals surface area contributed by atoms with Crippen LogP contribution in [-0.2, 0) is 4.79 Å². The summed E-state index contributed by atoms with van der Waals surface area (Å²) in [5.41, 5.74) is 0. The van der Waals surface area contributed by atoms with Crippen molar-refractivity contribution in [1.82, 2.24) is 0 Å². The molecule has 2 atom stereocenters. The van der Waals surface area contributed by atoms with Gasteiger partial charge in [-0.05, 0) is 25.2 Å². The third-order valence-electron chi connectivity index (χ3n) is 4.40. The molecule has 0 aromatic carbocycles. The Morgan fingerprint density at radius 1 is 1.28 bits per heavy atom. The summed E-state index contributed by atoms with van der Waals surface area (Å²) in [5.74, 6) is 1.32. The molecule has 1 fully saturated rings. The number of carbonyl (C=O) groups excluding carboxylic acids is 1. The molecular weight excluding hydrogens is 224 g/mol. The van der Waals surface area contributed by atoms with Crippen LogP contribution >= 0.6 is 0 Å². The highest BCUT2D eigenvalue weighted by Crippen LogP contribution is 2.32. The second-order valence-electron chi connectivity index (χ2n) is 5.77. The first kappa shape index (κ1) is 15.3. The van der Waals surface area contributed by atoms with E-state index in [9.17, 15) is 9.90 Å². The Morgan fingerprint density at radius 2 is 1.89 bits per heavy atom. The molecule has 0 aliphatic heterocycles. The SMILES string of the molecule is CCC(CC1CCCC1)C(=O)/C=C(\O)C(C)CC. The lowest BCUT2D eigenvalue weighted by molar-refractivity contribution is -0.119. The fourth-order valence-corrected chi connectivity index (χ4v) is 2.75. The summed E-state index contributed by atoms with van der Waals surface area (Å²) in [4.78, 5) is 12.2. The highest BCUT2D eigenvalue weighted by molar-refractivity contribution is 5.92. The average Bonchev–Trinajstić information content (AvgIpc) is 2.87. The lowest BCUT2D eigenvalue weighted by Crippen LogP contribution is -2.16. The van der Waals surface area contributed by atoms with E-state index < -0.39 is 0 Å². The number of rotatable bonds is 7. The number of hydrogen-bond donors (Lipinski definition) is 1. The van der Waals surface area contributed by atoms with E-state index in [0.717, 1.165) is 25.2 Å². The first-order chi connectivity index (χ1) is 8.58. The predicted molar refractivity (Wildman–Crippen MR) is 75.5 cm³/mol. The molecule has 0 spiro atoms. The fraction of sp³-hybridized carbons (Fsp3) is 0.812. The monoisotopic (exact) mass is 252 g/mol. The van der Waals surface area contributed by atoms with Gasteiger partial charge in [0, 0.05) is 17.9 Å². The molecule has 0 heterocycles. The van der Waals surface area contributed by atoms with Crippen LogP contribution in [0.25, 0.3) is 0 Å². The van der Waals surface area contributed by atoms with Gasteiger partial charge in [0.25, 0.3) is 0 Å². The minimum atomic E-state index is 0.0953. The standard InChI is InChI=1S/C16H28O2/c1-4-12(3)15(17)11-16(18)14(5-2)10-13-8-6-7-9-13/h11-14,17H,4-10H2,1-3H3/b15-11-. The molecule has 1 aliphatic carbocycles. The van der Waals surface area contributed by atoms with E-state index in [1.165, 1.54) is 31.8 Å². The maximum Gasteiger partial charge on any atom is 0.162 e. The van der Waals surface area contributed by atoms with Crippen molar-refractivity contribution in [3.8, 4) is 0 Å². The zero-order valence-electron chi connectivity index (χ0n) is 12.1. The average molecular weight is 252 g/mol. The van der Waals surface area contributed by atoms with Crippen LogP contribution in [0.5, 0.6) is 0 Å². The molecule has 2 nitrogen and oxygen atoms in total. The van der Waals surface area contributed by atoms with Crippen LogP contribution in [0, 0.1) is 17.8 Å². The molecule has 0 bridgehead atoms. The van der Waals surface area contributed by atoms with Gasteiger partial charge in [-0.25, -0.2) is 0 Å². The predicted octanol–water partition coefficient (Wildman–Crippen LogP) is 4.65. The maximum atomic E-state index is 12.2. The number of allylic oxidation sites excluding steroid dienone is 2. The van der Waals surface area contributed by atoms with E-state index in [0.29, 0.717) is 0 Å². The molecule has 104 valence electrons. The van der Waals surface area contributed by atoms with Gasteiger partial charge in [0.15, 0.2) is 5.78 Å². The summed E-state index contributed by atoms with van der Waals surface area (Å²) in [7, 11) is 0. The molecule has 1 N–H and O–H groups in total. The van der Waals surface area contributed by atoms with Gasteiger partial charge in [-0.1, -0.05) is 46.5 Å². The van der Waals surface area contributed by atoms with Crippen LogP contribution in [-0.4, -0.2) is 10.9 Å². The quantitative estimate of drug-likeness (QED) is 0.529. The summed E-state index contributed by atoms with van der Waals surface area (Å²) in [6, 6.07) is 0. The van der Waals surface area contributed by atoms with Crippen molar-refractivity contribution in [3.05, 3.63) is 11.8 Å². The Kier molecular flexibility index (Phi) is 6.45. The first-order valence-corrected chi connectivity index (χ1v) is 7.52. The molecule has 1 saturated carbocycles. The Balaban J connectivity index is 2.55. The zero-order valence-corrected chi connectivity index (χ0v) is 12.1. The minimum Gasteiger partial charge on any atom is -0.512 e. The van der Waals surface area contributed by atoms with Crippen molar-refractivity contribution >= 4 is 5.78 Å². The Morgan fingerprint density at radius 3 is 2.39 bits per heavy atom. The molecule has 0 aromatic rings. The molecule has 0 amide bonds. The second kappa shape index (κ2) is 7.60. The molecule has 2 unspecified atom stereocenters. The third-order valence-corrected chi connectivity index (χ3v) is 4.40. The van der Waals surface area contributed by atoms with Gasteiger partial charge in [0.2, 0.25) is 0 Å². The van der Waals surface area contributed by atoms with Crippen LogP contribution in [0.2, 0.25) is 0 Å². The number of hydrogen-bond acceptors (Lipinski definition) is 2. The molecular formula is C16H28O2. The lowest BCUT2D eigenvalue weighted by Gasteiger charge is -2.17. The van der Waals surface area contributed by atoms with Crippen molar-refractivity contribution in [1.29, 1.82) is 0 Å². The van der Waals surface area contributed by atoms with Crippen LogP contribution in [0.4, 0.5) is 0 Å². The van der Waals surface area contributed by atoms with Gasteiger partial charge in [-0.3, -0.25) is 4.79 Å². The van der Waals surface area contributed by atoms with E-state index in [2.05, 4.69) is 6.92 Å². The van der Waals surface area contributed by atoms with Crippen molar-refractivity contribution in [3.63, 3.8) is 0 Å². The van der Waals surface area contributed by atoms with Gasteiger partial charge >= 0.3 is 0 Å². The highest BCUT2D eigenvalue weighted by atomic mass is 16.3. The van der Waals surface area contributed by atoms with Gasteiger partial charge in [0.05, 0.1) is 5.76 Å². The van der Waals surface area contributed by atoms with Crippen LogP contribution in [0.3, 0.4) is 0 Å². The van der Waals surface area contributed by atoms with E-state index in [-0.39, 0.29) is 23.4 Å². The molecule has 1 aliphatic rings. The first-order valence-electron chi connectivity index (χ1n) is 7.52. The lowest BCUT2D eigenvalue weighted by atomic mass is 9.87.